The highest BCUT2D eigenvalue weighted by molar-refractivity contribution is 5.94. The molecular formula is C19H24ClFN4O. The van der Waals surface area contributed by atoms with Gasteiger partial charge in [-0.2, -0.15) is 5.10 Å². The van der Waals surface area contributed by atoms with Gasteiger partial charge in [-0.15, -0.1) is 12.4 Å². The van der Waals surface area contributed by atoms with Crippen molar-refractivity contribution < 1.29 is 9.18 Å². The highest BCUT2D eigenvalue weighted by Gasteiger charge is 2.31. The molecule has 1 aliphatic heterocycles. The molecule has 0 radical (unpaired) electrons. The number of fused-ring (bicyclic) bond motifs is 1. The van der Waals surface area contributed by atoms with Crippen LogP contribution in [-0.2, 0) is 12.8 Å². The summed E-state index contributed by atoms with van der Waals surface area (Å²) in [5.41, 5.74) is 9.71. The quantitative estimate of drug-likeness (QED) is 0.873. The molecule has 0 bridgehead atoms. The molecule has 1 atom stereocenters. The van der Waals surface area contributed by atoms with Crippen LogP contribution in [0.1, 0.15) is 46.6 Å². The predicted molar refractivity (Wildman–Crippen MR) is 101 cm³/mol. The second-order valence-corrected chi connectivity index (χ2v) is 7.15. The number of carbonyl (C=O) groups excluding carboxylic acids is 1. The highest BCUT2D eigenvalue weighted by Crippen LogP contribution is 2.30. The first-order valence-corrected chi connectivity index (χ1v) is 8.96. The number of halogens is 2. The van der Waals surface area contributed by atoms with E-state index in [1.54, 1.807) is 15.6 Å². The minimum absolute atomic E-state index is 0. The van der Waals surface area contributed by atoms with Gasteiger partial charge in [-0.1, -0.05) is 6.07 Å². The number of aryl methyl sites for hydroxylation is 1. The maximum Gasteiger partial charge on any atom is 0.274 e. The minimum atomic E-state index is -0.309. The molecule has 2 heterocycles. The van der Waals surface area contributed by atoms with E-state index in [1.807, 2.05) is 13.0 Å². The molecule has 2 N–H and O–H groups in total. The van der Waals surface area contributed by atoms with Crippen LogP contribution in [-0.4, -0.2) is 39.7 Å². The van der Waals surface area contributed by atoms with E-state index in [4.69, 9.17) is 5.73 Å². The molecule has 26 heavy (non-hydrogen) atoms. The van der Waals surface area contributed by atoms with E-state index >= 15 is 0 Å². The Morgan fingerprint density at radius 2 is 2.12 bits per heavy atom. The Balaban J connectivity index is 0.00000196. The zero-order chi connectivity index (χ0) is 17.6. The van der Waals surface area contributed by atoms with Crippen LogP contribution in [0, 0.1) is 12.7 Å². The van der Waals surface area contributed by atoms with Gasteiger partial charge in [-0.3, -0.25) is 4.79 Å². The molecule has 2 aromatic rings. The van der Waals surface area contributed by atoms with Crippen molar-refractivity contribution >= 4 is 18.3 Å². The van der Waals surface area contributed by atoms with Crippen LogP contribution in [0.5, 0.6) is 0 Å². The lowest BCUT2D eigenvalue weighted by Gasteiger charge is -2.30. The molecule has 1 aromatic carbocycles. The summed E-state index contributed by atoms with van der Waals surface area (Å²) in [6.45, 7) is 3.14. The third-order valence-electron chi connectivity index (χ3n) is 5.21. The van der Waals surface area contributed by atoms with Crippen molar-refractivity contribution in [3.63, 3.8) is 0 Å². The second kappa shape index (κ2) is 7.37. The predicted octanol–water partition coefficient (Wildman–Crippen LogP) is 2.79. The molecule has 1 unspecified atom stereocenters. The average molecular weight is 379 g/mol. The summed E-state index contributed by atoms with van der Waals surface area (Å²) in [6.07, 6.45) is 4.49. The fourth-order valence-electron chi connectivity index (χ4n) is 3.94. The second-order valence-electron chi connectivity index (χ2n) is 7.15. The Morgan fingerprint density at radius 1 is 1.31 bits per heavy atom. The van der Waals surface area contributed by atoms with Crippen LogP contribution in [0.3, 0.4) is 0 Å². The van der Waals surface area contributed by atoms with E-state index in [9.17, 15) is 9.18 Å². The summed E-state index contributed by atoms with van der Waals surface area (Å²) in [4.78, 5) is 14.8. The largest absolute Gasteiger partial charge is 0.336 e. The van der Waals surface area contributed by atoms with Gasteiger partial charge in [0, 0.05) is 30.4 Å². The normalized spacial score (nSPS) is 19.2. The van der Waals surface area contributed by atoms with Crippen LogP contribution < -0.4 is 5.73 Å². The Labute approximate surface area is 158 Å². The van der Waals surface area contributed by atoms with Crippen molar-refractivity contribution in [1.29, 1.82) is 0 Å². The molecule has 1 saturated heterocycles. The zero-order valence-corrected chi connectivity index (χ0v) is 15.7. The first-order valence-electron chi connectivity index (χ1n) is 8.96. The van der Waals surface area contributed by atoms with Crippen LogP contribution >= 0.6 is 12.4 Å². The van der Waals surface area contributed by atoms with Crippen molar-refractivity contribution in [2.24, 2.45) is 5.73 Å². The van der Waals surface area contributed by atoms with Crippen LogP contribution in [0.25, 0.3) is 5.69 Å². The summed E-state index contributed by atoms with van der Waals surface area (Å²) in [6, 6.07) is 5.14. The van der Waals surface area contributed by atoms with Gasteiger partial charge >= 0.3 is 0 Å². The fraction of sp³-hybridized carbons (Fsp3) is 0.474. The molecule has 1 aromatic heterocycles. The first-order chi connectivity index (χ1) is 12.0. The minimum Gasteiger partial charge on any atom is -0.336 e. The topological polar surface area (TPSA) is 64.2 Å². The highest BCUT2D eigenvalue weighted by atomic mass is 35.5. The van der Waals surface area contributed by atoms with E-state index in [1.165, 1.54) is 6.07 Å². The third-order valence-corrected chi connectivity index (χ3v) is 5.21. The van der Waals surface area contributed by atoms with Crippen molar-refractivity contribution in [2.45, 2.75) is 45.1 Å². The van der Waals surface area contributed by atoms with Gasteiger partial charge in [0.05, 0.1) is 0 Å². The van der Waals surface area contributed by atoms with E-state index in [2.05, 4.69) is 5.10 Å². The molecule has 0 saturated carbocycles. The molecule has 5 nitrogen and oxygen atoms in total. The van der Waals surface area contributed by atoms with Gasteiger partial charge in [-0.25, -0.2) is 9.07 Å². The third kappa shape index (κ3) is 3.23. The van der Waals surface area contributed by atoms with Gasteiger partial charge in [0.1, 0.15) is 11.5 Å². The molecule has 4 rings (SSSR count). The number of piperidine rings is 1. The van der Waals surface area contributed by atoms with E-state index < -0.39 is 0 Å². The maximum atomic E-state index is 14.4. The summed E-state index contributed by atoms with van der Waals surface area (Å²) < 4.78 is 16.1. The summed E-state index contributed by atoms with van der Waals surface area (Å²) in [5, 5.41) is 4.54. The van der Waals surface area contributed by atoms with Crippen LogP contribution in [0.4, 0.5) is 4.39 Å². The number of benzene rings is 1. The lowest BCUT2D eigenvalue weighted by molar-refractivity contribution is 0.0701. The number of hydrogen-bond acceptors (Lipinski definition) is 3. The maximum absolute atomic E-state index is 14.4. The SMILES string of the molecule is Cc1ccc(-n2nc(C(=O)N3CCCC(N)C3)c3c2CCC3)c(F)c1.Cl. The Hall–Kier alpha value is -1.92. The molecule has 1 aliphatic carbocycles. The number of rotatable bonds is 2. The molecule has 140 valence electrons. The van der Waals surface area contributed by atoms with Gasteiger partial charge in [0.25, 0.3) is 5.91 Å². The van der Waals surface area contributed by atoms with Crippen molar-refractivity contribution in [1.82, 2.24) is 14.7 Å². The smallest absolute Gasteiger partial charge is 0.274 e. The number of nitrogens with zero attached hydrogens (tertiary/aromatic N) is 3. The standard InChI is InChI=1S/C19H23FN4O.ClH/c1-12-7-8-17(15(20)10-12)24-16-6-2-5-14(16)18(22-24)19(25)23-9-3-4-13(21)11-23;/h7-8,10,13H,2-6,9,11,21H2,1H3;1H. The molecule has 1 amide bonds. The number of hydrogen-bond donors (Lipinski definition) is 1. The Morgan fingerprint density at radius 3 is 2.85 bits per heavy atom. The average Bonchev–Trinajstić information content (AvgIpc) is 3.17. The van der Waals surface area contributed by atoms with Crippen LogP contribution in [0.2, 0.25) is 0 Å². The van der Waals surface area contributed by atoms with Crippen molar-refractivity contribution in [2.75, 3.05) is 13.1 Å². The van der Waals surface area contributed by atoms with Crippen LogP contribution in [0.15, 0.2) is 18.2 Å². The molecular weight excluding hydrogens is 355 g/mol. The van der Waals surface area contributed by atoms with Gasteiger partial charge < -0.3 is 10.6 Å². The molecule has 7 heteroatoms. The monoisotopic (exact) mass is 378 g/mol. The zero-order valence-electron chi connectivity index (χ0n) is 14.9. The van der Waals surface area contributed by atoms with Crippen molar-refractivity contribution in [3.8, 4) is 5.69 Å². The fourth-order valence-corrected chi connectivity index (χ4v) is 3.94. The number of aromatic nitrogens is 2. The number of carbonyl (C=O) groups is 1. The number of amides is 1. The number of likely N-dealkylation sites (tertiary alicyclic amines) is 1. The summed E-state index contributed by atoms with van der Waals surface area (Å²) >= 11 is 0. The Kier molecular flexibility index (Phi) is 5.34. The van der Waals surface area contributed by atoms with Gasteiger partial charge in [-0.05, 0) is 56.7 Å². The summed E-state index contributed by atoms with van der Waals surface area (Å²) in [7, 11) is 0. The molecule has 1 fully saturated rings. The molecule has 2 aliphatic rings. The lowest BCUT2D eigenvalue weighted by atomic mass is 10.1. The lowest BCUT2D eigenvalue weighted by Crippen LogP contribution is -2.46. The van der Waals surface area contributed by atoms with Gasteiger partial charge in [0.2, 0.25) is 0 Å². The molecule has 0 spiro atoms. The van der Waals surface area contributed by atoms with Crippen molar-refractivity contribution in [3.05, 3.63) is 46.5 Å². The van der Waals surface area contributed by atoms with E-state index in [0.717, 1.165) is 48.9 Å². The van der Waals surface area contributed by atoms with Gasteiger partial charge in [0.15, 0.2) is 5.69 Å². The Bertz CT molecular complexity index is 835. The first kappa shape index (κ1) is 18.9. The van der Waals surface area contributed by atoms with E-state index in [-0.39, 0.29) is 30.2 Å². The number of nitrogens with two attached hydrogens (primary N) is 1. The summed E-state index contributed by atoms with van der Waals surface area (Å²) in [5.74, 6) is -0.379. The van der Waals surface area contributed by atoms with E-state index in [0.29, 0.717) is 24.5 Å².